The monoisotopic (exact) mass is 318 g/mol. The molecular formula is C20H22N4. The van der Waals surface area contributed by atoms with E-state index >= 15 is 0 Å². The lowest BCUT2D eigenvalue weighted by molar-refractivity contribution is 1.07. The summed E-state index contributed by atoms with van der Waals surface area (Å²) in [6.07, 6.45) is 1.58. The number of hydrogen-bond acceptors (Lipinski definition) is 4. The van der Waals surface area contributed by atoms with Crippen LogP contribution in [0.25, 0.3) is 0 Å². The first kappa shape index (κ1) is 16.0. The quantitative estimate of drug-likeness (QED) is 0.712. The molecule has 4 heteroatoms. The van der Waals surface area contributed by atoms with Crippen molar-refractivity contribution < 1.29 is 0 Å². The molecule has 0 fully saturated rings. The Morgan fingerprint density at radius 1 is 0.833 bits per heavy atom. The van der Waals surface area contributed by atoms with Gasteiger partial charge in [0.15, 0.2) is 0 Å². The van der Waals surface area contributed by atoms with Crippen LogP contribution in [0.5, 0.6) is 0 Å². The number of anilines is 3. The van der Waals surface area contributed by atoms with Crippen molar-refractivity contribution in [1.29, 1.82) is 0 Å². The minimum absolute atomic E-state index is 0.743. The number of benzene rings is 2. The SMILES string of the molecule is Cc1ccccc1CNc1cc(Nc2cccc(C)c2C)ncn1. The normalized spacial score (nSPS) is 10.5. The molecule has 0 radical (unpaired) electrons. The van der Waals surface area contributed by atoms with Crippen LogP contribution in [0.1, 0.15) is 22.3 Å². The van der Waals surface area contributed by atoms with Crippen LogP contribution in [0.2, 0.25) is 0 Å². The molecule has 122 valence electrons. The van der Waals surface area contributed by atoms with E-state index < -0.39 is 0 Å². The molecule has 0 aliphatic rings. The fourth-order valence-corrected chi connectivity index (χ4v) is 2.54. The summed E-state index contributed by atoms with van der Waals surface area (Å²) in [5.74, 6) is 1.59. The largest absolute Gasteiger partial charge is 0.366 e. The summed E-state index contributed by atoms with van der Waals surface area (Å²) >= 11 is 0. The molecule has 0 atom stereocenters. The van der Waals surface area contributed by atoms with Crippen molar-refractivity contribution in [3.63, 3.8) is 0 Å². The predicted molar refractivity (Wildman–Crippen MR) is 99.7 cm³/mol. The van der Waals surface area contributed by atoms with E-state index in [0.717, 1.165) is 23.9 Å². The maximum atomic E-state index is 4.32. The first-order chi connectivity index (χ1) is 11.6. The highest BCUT2D eigenvalue weighted by atomic mass is 15.1. The summed E-state index contributed by atoms with van der Waals surface area (Å²) < 4.78 is 0. The molecule has 3 aromatic rings. The van der Waals surface area contributed by atoms with E-state index in [4.69, 9.17) is 0 Å². The summed E-state index contributed by atoms with van der Waals surface area (Å²) in [6, 6.07) is 16.5. The van der Waals surface area contributed by atoms with E-state index in [0.29, 0.717) is 0 Å². The van der Waals surface area contributed by atoms with Gasteiger partial charge in [0.2, 0.25) is 0 Å². The third kappa shape index (κ3) is 3.71. The van der Waals surface area contributed by atoms with E-state index in [9.17, 15) is 0 Å². The lowest BCUT2D eigenvalue weighted by atomic mass is 10.1. The molecule has 1 heterocycles. The number of nitrogens with zero attached hydrogens (tertiary/aromatic N) is 2. The molecule has 0 aliphatic heterocycles. The van der Waals surface area contributed by atoms with Gasteiger partial charge < -0.3 is 10.6 Å². The van der Waals surface area contributed by atoms with Crippen molar-refractivity contribution in [3.05, 3.63) is 77.1 Å². The number of aromatic nitrogens is 2. The molecule has 24 heavy (non-hydrogen) atoms. The Morgan fingerprint density at radius 3 is 2.42 bits per heavy atom. The summed E-state index contributed by atoms with van der Waals surface area (Å²) in [5, 5.41) is 6.73. The Morgan fingerprint density at radius 2 is 1.58 bits per heavy atom. The van der Waals surface area contributed by atoms with Gasteiger partial charge in [-0.3, -0.25) is 0 Å². The minimum Gasteiger partial charge on any atom is -0.366 e. The maximum Gasteiger partial charge on any atom is 0.135 e. The van der Waals surface area contributed by atoms with Crippen LogP contribution in [0.4, 0.5) is 17.3 Å². The number of hydrogen-bond donors (Lipinski definition) is 2. The zero-order valence-electron chi connectivity index (χ0n) is 14.3. The van der Waals surface area contributed by atoms with Crippen LogP contribution < -0.4 is 10.6 Å². The summed E-state index contributed by atoms with van der Waals surface area (Å²) in [5.41, 5.74) is 6.09. The Hall–Kier alpha value is -2.88. The van der Waals surface area contributed by atoms with Crippen molar-refractivity contribution in [2.45, 2.75) is 27.3 Å². The Bertz CT molecular complexity index is 843. The van der Waals surface area contributed by atoms with Crippen LogP contribution >= 0.6 is 0 Å². The molecule has 0 bridgehead atoms. The molecule has 1 aromatic heterocycles. The molecule has 0 saturated heterocycles. The van der Waals surface area contributed by atoms with E-state index in [-0.39, 0.29) is 0 Å². The van der Waals surface area contributed by atoms with E-state index in [1.54, 1.807) is 6.33 Å². The highest BCUT2D eigenvalue weighted by molar-refractivity contribution is 5.63. The highest BCUT2D eigenvalue weighted by Crippen LogP contribution is 2.22. The van der Waals surface area contributed by atoms with Gasteiger partial charge in [0.05, 0.1) is 0 Å². The first-order valence-corrected chi connectivity index (χ1v) is 8.07. The fraction of sp³-hybridized carbons (Fsp3) is 0.200. The van der Waals surface area contributed by atoms with Gasteiger partial charge in [0.1, 0.15) is 18.0 Å². The van der Waals surface area contributed by atoms with Crippen LogP contribution in [0.15, 0.2) is 54.9 Å². The summed E-state index contributed by atoms with van der Waals surface area (Å²) in [6.45, 7) is 7.07. The fourth-order valence-electron chi connectivity index (χ4n) is 2.54. The van der Waals surface area contributed by atoms with Crippen molar-refractivity contribution in [3.8, 4) is 0 Å². The van der Waals surface area contributed by atoms with E-state index in [2.05, 4.69) is 77.8 Å². The van der Waals surface area contributed by atoms with Gasteiger partial charge in [0, 0.05) is 18.3 Å². The maximum absolute atomic E-state index is 4.32. The molecule has 0 saturated carbocycles. The Balaban J connectivity index is 1.72. The van der Waals surface area contributed by atoms with Gasteiger partial charge in [-0.1, -0.05) is 36.4 Å². The summed E-state index contributed by atoms with van der Waals surface area (Å²) in [4.78, 5) is 8.62. The molecule has 0 aliphatic carbocycles. The second-order valence-corrected chi connectivity index (χ2v) is 5.94. The zero-order chi connectivity index (χ0) is 16.9. The van der Waals surface area contributed by atoms with Gasteiger partial charge in [-0.2, -0.15) is 0 Å². The van der Waals surface area contributed by atoms with Crippen molar-refractivity contribution >= 4 is 17.3 Å². The topological polar surface area (TPSA) is 49.8 Å². The van der Waals surface area contributed by atoms with Gasteiger partial charge in [-0.15, -0.1) is 0 Å². The second kappa shape index (κ2) is 7.13. The van der Waals surface area contributed by atoms with Gasteiger partial charge in [-0.05, 0) is 49.1 Å². The molecule has 2 N–H and O–H groups in total. The van der Waals surface area contributed by atoms with E-state index in [1.807, 2.05) is 12.1 Å². The van der Waals surface area contributed by atoms with Crippen molar-refractivity contribution in [2.75, 3.05) is 10.6 Å². The average molecular weight is 318 g/mol. The zero-order valence-corrected chi connectivity index (χ0v) is 14.3. The molecule has 2 aromatic carbocycles. The second-order valence-electron chi connectivity index (χ2n) is 5.94. The first-order valence-electron chi connectivity index (χ1n) is 8.07. The van der Waals surface area contributed by atoms with Gasteiger partial charge in [-0.25, -0.2) is 9.97 Å². The number of aryl methyl sites for hydroxylation is 2. The highest BCUT2D eigenvalue weighted by Gasteiger charge is 2.04. The minimum atomic E-state index is 0.743. The summed E-state index contributed by atoms with van der Waals surface area (Å²) in [7, 11) is 0. The Kier molecular flexibility index (Phi) is 4.75. The average Bonchev–Trinajstić information content (AvgIpc) is 2.59. The van der Waals surface area contributed by atoms with Crippen molar-refractivity contribution in [1.82, 2.24) is 9.97 Å². The third-order valence-electron chi connectivity index (χ3n) is 4.26. The van der Waals surface area contributed by atoms with Crippen molar-refractivity contribution in [2.24, 2.45) is 0 Å². The standard InChI is InChI=1S/C20H22N4/c1-14-8-6-10-18(16(14)3)24-20-11-19(22-13-23-20)21-12-17-9-5-4-7-15(17)2/h4-11,13H,12H2,1-3H3,(H2,21,22,23,24). The molecule has 0 spiro atoms. The molecule has 0 amide bonds. The van der Waals surface area contributed by atoms with Crippen LogP contribution in [0.3, 0.4) is 0 Å². The van der Waals surface area contributed by atoms with Gasteiger partial charge >= 0.3 is 0 Å². The molecule has 0 unspecified atom stereocenters. The van der Waals surface area contributed by atoms with E-state index in [1.165, 1.54) is 22.3 Å². The van der Waals surface area contributed by atoms with Crippen LogP contribution in [0, 0.1) is 20.8 Å². The van der Waals surface area contributed by atoms with Crippen LogP contribution in [-0.2, 0) is 6.54 Å². The number of nitrogens with one attached hydrogen (secondary N) is 2. The predicted octanol–water partition coefficient (Wildman–Crippen LogP) is 4.76. The lowest BCUT2D eigenvalue weighted by Crippen LogP contribution is -2.04. The molecule has 3 rings (SSSR count). The lowest BCUT2D eigenvalue weighted by Gasteiger charge is -2.12. The number of rotatable bonds is 5. The molecular weight excluding hydrogens is 296 g/mol. The third-order valence-corrected chi connectivity index (χ3v) is 4.26. The van der Waals surface area contributed by atoms with Crippen LogP contribution in [-0.4, -0.2) is 9.97 Å². The van der Waals surface area contributed by atoms with Gasteiger partial charge in [0.25, 0.3) is 0 Å². The Labute approximate surface area is 143 Å². The molecule has 4 nitrogen and oxygen atoms in total. The smallest absolute Gasteiger partial charge is 0.135 e.